The number of hydrogen-bond donors (Lipinski definition) is 1. The maximum Gasteiger partial charge on any atom is 0.223 e. The van der Waals surface area contributed by atoms with Gasteiger partial charge in [-0.1, -0.05) is 0 Å². The van der Waals surface area contributed by atoms with E-state index in [-0.39, 0.29) is 5.91 Å². The van der Waals surface area contributed by atoms with Crippen molar-refractivity contribution < 1.29 is 9.53 Å². The first kappa shape index (κ1) is 11.5. The standard InChI is InChI=1S/C10H20N2O2/c1-14-9-3-8-12-7-2-5-11-6-4-10(12)13/h11H,2-9H2,1H3. The summed E-state index contributed by atoms with van der Waals surface area (Å²) in [4.78, 5) is 13.6. The number of ether oxygens (including phenoxy) is 1. The van der Waals surface area contributed by atoms with Crippen LogP contribution in [0.3, 0.4) is 0 Å². The Morgan fingerprint density at radius 1 is 1.50 bits per heavy atom. The lowest BCUT2D eigenvalue weighted by molar-refractivity contribution is -0.131. The molecule has 0 saturated carbocycles. The van der Waals surface area contributed by atoms with Gasteiger partial charge in [-0.3, -0.25) is 4.79 Å². The van der Waals surface area contributed by atoms with Crippen LogP contribution in [0, 0.1) is 0 Å². The largest absolute Gasteiger partial charge is 0.385 e. The van der Waals surface area contributed by atoms with Crippen molar-refractivity contribution in [3.63, 3.8) is 0 Å². The smallest absolute Gasteiger partial charge is 0.223 e. The highest BCUT2D eigenvalue weighted by Crippen LogP contribution is 2.00. The summed E-state index contributed by atoms with van der Waals surface area (Å²) in [5.41, 5.74) is 0. The zero-order chi connectivity index (χ0) is 10.2. The highest BCUT2D eigenvalue weighted by molar-refractivity contribution is 5.76. The minimum atomic E-state index is 0.272. The molecule has 0 aromatic carbocycles. The Hall–Kier alpha value is -0.610. The van der Waals surface area contributed by atoms with E-state index < -0.39 is 0 Å². The second kappa shape index (κ2) is 6.79. The Bertz CT molecular complexity index is 174. The van der Waals surface area contributed by atoms with Crippen LogP contribution in [-0.4, -0.2) is 50.7 Å². The first-order chi connectivity index (χ1) is 6.84. The summed E-state index contributed by atoms with van der Waals surface area (Å²) in [5, 5.41) is 3.23. The van der Waals surface area contributed by atoms with E-state index in [9.17, 15) is 4.79 Å². The number of rotatable bonds is 4. The molecule has 0 bridgehead atoms. The van der Waals surface area contributed by atoms with E-state index in [0.29, 0.717) is 6.42 Å². The van der Waals surface area contributed by atoms with Crippen molar-refractivity contribution in [3.05, 3.63) is 0 Å². The molecule has 0 atom stereocenters. The number of hydrogen-bond acceptors (Lipinski definition) is 3. The summed E-state index contributed by atoms with van der Waals surface area (Å²) in [7, 11) is 1.69. The van der Waals surface area contributed by atoms with Crippen molar-refractivity contribution in [3.8, 4) is 0 Å². The summed E-state index contributed by atoms with van der Waals surface area (Å²) in [6, 6.07) is 0. The van der Waals surface area contributed by atoms with Gasteiger partial charge in [-0.2, -0.15) is 0 Å². The topological polar surface area (TPSA) is 41.6 Å². The number of nitrogens with one attached hydrogen (secondary N) is 1. The summed E-state index contributed by atoms with van der Waals surface area (Å²) in [5.74, 6) is 0.272. The molecule has 0 aromatic rings. The fraction of sp³-hybridized carbons (Fsp3) is 0.900. The van der Waals surface area contributed by atoms with Gasteiger partial charge in [-0.05, 0) is 19.4 Å². The molecule has 0 unspecified atom stereocenters. The molecule has 1 heterocycles. The molecule has 1 amide bonds. The van der Waals surface area contributed by atoms with E-state index in [1.54, 1.807) is 7.11 Å². The molecule has 4 nitrogen and oxygen atoms in total. The first-order valence-electron chi connectivity index (χ1n) is 5.32. The number of amides is 1. The number of methoxy groups -OCH3 is 1. The van der Waals surface area contributed by atoms with Crippen molar-refractivity contribution in [2.45, 2.75) is 19.3 Å². The van der Waals surface area contributed by atoms with E-state index >= 15 is 0 Å². The lowest BCUT2D eigenvalue weighted by Gasteiger charge is -2.25. The molecular formula is C10H20N2O2. The zero-order valence-corrected chi connectivity index (χ0v) is 8.92. The number of carbonyl (C=O) groups is 1. The SMILES string of the molecule is COCCCN1CCCNCCC1=O. The maximum atomic E-state index is 11.6. The predicted molar refractivity (Wildman–Crippen MR) is 55.2 cm³/mol. The van der Waals surface area contributed by atoms with Crippen molar-refractivity contribution in [1.29, 1.82) is 0 Å². The second-order valence-electron chi connectivity index (χ2n) is 3.58. The molecule has 1 rings (SSSR count). The van der Waals surface area contributed by atoms with E-state index in [1.165, 1.54) is 0 Å². The van der Waals surface area contributed by atoms with Gasteiger partial charge in [0.1, 0.15) is 0 Å². The fourth-order valence-electron chi connectivity index (χ4n) is 1.63. The number of carbonyl (C=O) groups excluding carboxylic acids is 1. The van der Waals surface area contributed by atoms with Crippen molar-refractivity contribution in [2.24, 2.45) is 0 Å². The van der Waals surface area contributed by atoms with Gasteiger partial charge >= 0.3 is 0 Å². The third-order valence-electron chi connectivity index (χ3n) is 2.43. The Morgan fingerprint density at radius 2 is 2.36 bits per heavy atom. The summed E-state index contributed by atoms with van der Waals surface area (Å²) < 4.78 is 4.97. The van der Waals surface area contributed by atoms with Crippen LogP contribution >= 0.6 is 0 Å². The van der Waals surface area contributed by atoms with Crippen LogP contribution < -0.4 is 5.32 Å². The third-order valence-corrected chi connectivity index (χ3v) is 2.43. The molecule has 4 heteroatoms. The molecule has 0 aromatic heterocycles. The van der Waals surface area contributed by atoms with Gasteiger partial charge in [0.2, 0.25) is 5.91 Å². The highest BCUT2D eigenvalue weighted by atomic mass is 16.5. The minimum Gasteiger partial charge on any atom is -0.385 e. The molecule has 0 spiro atoms. The average Bonchev–Trinajstić information content (AvgIpc) is 2.17. The monoisotopic (exact) mass is 200 g/mol. The first-order valence-corrected chi connectivity index (χ1v) is 5.32. The number of nitrogens with zero attached hydrogens (tertiary/aromatic N) is 1. The molecule has 1 N–H and O–H groups in total. The van der Waals surface area contributed by atoms with Gasteiger partial charge in [-0.15, -0.1) is 0 Å². The van der Waals surface area contributed by atoms with Gasteiger partial charge in [-0.25, -0.2) is 0 Å². The Kier molecular flexibility index (Phi) is 5.56. The molecule has 1 aliphatic rings. The van der Waals surface area contributed by atoms with Crippen molar-refractivity contribution in [2.75, 3.05) is 39.9 Å². The van der Waals surface area contributed by atoms with E-state index in [4.69, 9.17) is 4.74 Å². The molecule has 1 fully saturated rings. The van der Waals surface area contributed by atoms with Crippen LogP contribution in [0.4, 0.5) is 0 Å². The van der Waals surface area contributed by atoms with Crippen LogP contribution in [0.1, 0.15) is 19.3 Å². The normalized spacial score (nSPS) is 19.2. The minimum absolute atomic E-state index is 0.272. The molecule has 1 saturated heterocycles. The van der Waals surface area contributed by atoms with Gasteiger partial charge in [0.15, 0.2) is 0 Å². The van der Waals surface area contributed by atoms with Crippen LogP contribution in [0.25, 0.3) is 0 Å². The van der Waals surface area contributed by atoms with Crippen LogP contribution in [-0.2, 0) is 9.53 Å². The van der Waals surface area contributed by atoms with Crippen LogP contribution in [0.2, 0.25) is 0 Å². The van der Waals surface area contributed by atoms with Crippen LogP contribution in [0.15, 0.2) is 0 Å². The molecule has 0 aliphatic carbocycles. The van der Waals surface area contributed by atoms with E-state index in [0.717, 1.165) is 45.6 Å². The predicted octanol–water partition coefficient (Wildman–Crippen LogP) is 0.235. The summed E-state index contributed by atoms with van der Waals surface area (Å²) in [6.07, 6.45) is 2.63. The van der Waals surface area contributed by atoms with E-state index in [1.807, 2.05) is 4.90 Å². The van der Waals surface area contributed by atoms with Crippen LogP contribution in [0.5, 0.6) is 0 Å². The summed E-state index contributed by atoms with van der Waals surface area (Å²) >= 11 is 0. The van der Waals surface area contributed by atoms with Gasteiger partial charge in [0.25, 0.3) is 0 Å². The second-order valence-corrected chi connectivity index (χ2v) is 3.58. The van der Waals surface area contributed by atoms with E-state index in [2.05, 4.69) is 5.32 Å². The Morgan fingerprint density at radius 3 is 3.14 bits per heavy atom. The Labute approximate surface area is 85.6 Å². The molecule has 0 radical (unpaired) electrons. The van der Waals surface area contributed by atoms with Gasteiger partial charge < -0.3 is 15.0 Å². The lowest BCUT2D eigenvalue weighted by atomic mass is 10.2. The Balaban J connectivity index is 2.26. The summed E-state index contributed by atoms with van der Waals surface area (Å²) in [6.45, 7) is 4.30. The quantitative estimate of drug-likeness (QED) is 0.661. The molecular weight excluding hydrogens is 180 g/mol. The lowest BCUT2D eigenvalue weighted by Crippen LogP contribution is -2.39. The zero-order valence-electron chi connectivity index (χ0n) is 8.92. The fourth-order valence-corrected chi connectivity index (χ4v) is 1.63. The average molecular weight is 200 g/mol. The maximum absolute atomic E-state index is 11.6. The highest BCUT2D eigenvalue weighted by Gasteiger charge is 2.14. The van der Waals surface area contributed by atoms with Crippen molar-refractivity contribution >= 4 is 5.91 Å². The molecule has 1 aliphatic heterocycles. The van der Waals surface area contributed by atoms with Gasteiger partial charge in [0.05, 0.1) is 0 Å². The van der Waals surface area contributed by atoms with Crippen molar-refractivity contribution in [1.82, 2.24) is 10.2 Å². The molecule has 82 valence electrons. The third kappa shape index (κ3) is 4.07. The molecule has 14 heavy (non-hydrogen) atoms. The van der Waals surface area contributed by atoms with Gasteiger partial charge in [0, 0.05) is 39.8 Å².